The molecule has 0 saturated carbocycles. The molecule has 1 aliphatic rings. The highest BCUT2D eigenvalue weighted by molar-refractivity contribution is 7.92. The number of rotatable bonds is 7. The van der Waals surface area contributed by atoms with E-state index in [1.807, 2.05) is 6.07 Å². The van der Waals surface area contributed by atoms with Crippen molar-refractivity contribution in [2.45, 2.75) is 4.90 Å². The van der Waals surface area contributed by atoms with Crippen molar-refractivity contribution in [1.29, 1.82) is 0 Å². The largest absolute Gasteiger partial charge is 0.495 e. The first-order valence-corrected chi connectivity index (χ1v) is 11.7. The van der Waals surface area contributed by atoms with E-state index in [9.17, 15) is 8.42 Å². The molecule has 0 spiro atoms. The number of morpholine rings is 1. The topological polar surface area (TPSA) is 106 Å². The van der Waals surface area contributed by atoms with Crippen molar-refractivity contribution < 1.29 is 17.9 Å². The van der Waals surface area contributed by atoms with Crippen LogP contribution in [0.15, 0.2) is 59.6 Å². The SMILES string of the molecule is COc1ccc(Cl)cc1S(=O)(=O)Nc1ccc(Nc2cc(N3CCOCC3)cnn2)cc1. The van der Waals surface area contributed by atoms with Gasteiger partial charge in [-0.15, -0.1) is 5.10 Å². The van der Waals surface area contributed by atoms with Crippen LogP contribution in [0.25, 0.3) is 0 Å². The van der Waals surface area contributed by atoms with Crippen LogP contribution in [-0.4, -0.2) is 52.0 Å². The second-order valence-corrected chi connectivity index (χ2v) is 9.09. The molecule has 0 atom stereocenters. The summed E-state index contributed by atoms with van der Waals surface area (Å²) in [5.74, 6) is 0.796. The lowest BCUT2D eigenvalue weighted by atomic mass is 10.3. The minimum atomic E-state index is -3.89. The molecule has 1 saturated heterocycles. The number of aromatic nitrogens is 2. The lowest BCUT2D eigenvalue weighted by Crippen LogP contribution is -2.36. The number of nitrogens with one attached hydrogen (secondary N) is 2. The van der Waals surface area contributed by atoms with Gasteiger partial charge in [-0.25, -0.2) is 8.42 Å². The van der Waals surface area contributed by atoms with Gasteiger partial charge in [-0.05, 0) is 42.5 Å². The minimum Gasteiger partial charge on any atom is -0.495 e. The first-order chi connectivity index (χ1) is 15.4. The zero-order valence-corrected chi connectivity index (χ0v) is 18.9. The first-order valence-electron chi connectivity index (χ1n) is 9.83. The number of nitrogens with zero attached hydrogens (tertiary/aromatic N) is 3. The summed E-state index contributed by atoms with van der Waals surface area (Å²) in [6, 6.07) is 13.1. The number of hydrogen-bond acceptors (Lipinski definition) is 8. The van der Waals surface area contributed by atoms with Crippen molar-refractivity contribution in [2.75, 3.05) is 48.4 Å². The maximum atomic E-state index is 12.8. The fourth-order valence-corrected chi connectivity index (χ4v) is 4.74. The number of halogens is 1. The van der Waals surface area contributed by atoms with E-state index >= 15 is 0 Å². The predicted molar refractivity (Wildman–Crippen MR) is 124 cm³/mol. The van der Waals surface area contributed by atoms with Crippen LogP contribution in [0.2, 0.25) is 5.02 Å². The molecule has 0 unspecified atom stereocenters. The Balaban J connectivity index is 1.46. The Morgan fingerprint density at radius 2 is 1.78 bits per heavy atom. The molecule has 2 heterocycles. The van der Waals surface area contributed by atoms with Gasteiger partial charge in [0.1, 0.15) is 10.6 Å². The van der Waals surface area contributed by atoms with Crippen LogP contribution in [0, 0.1) is 0 Å². The number of methoxy groups -OCH3 is 1. The summed E-state index contributed by atoms with van der Waals surface area (Å²) >= 11 is 5.97. The summed E-state index contributed by atoms with van der Waals surface area (Å²) in [6.45, 7) is 2.97. The minimum absolute atomic E-state index is 0.0371. The average molecular weight is 476 g/mol. The Morgan fingerprint density at radius 3 is 2.50 bits per heavy atom. The number of hydrogen-bond donors (Lipinski definition) is 2. The van der Waals surface area contributed by atoms with Crippen LogP contribution in [0.1, 0.15) is 0 Å². The fourth-order valence-electron chi connectivity index (χ4n) is 3.25. The highest BCUT2D eigenvalue weighted by atomic mass is 35.5. The van der Waals surface area contributed by atoms with E-state index in [-0.39, 0.29) is 10.6 Å². The maximum Gasteiger partial charge on any atom is 0.265 e. The van der Waals surface area contributed by atoms with Crippen LogP contribution < -0.4 is 19.7 Å². The molecule has 2 aromatic carbocycles. The molecule has 9 nitrogen and oxygen atoms in total. The maximum absolute atomic E-state index is 12.8. The van der Waals surface area contributed by atoms with Gasteiger partial charge in [0, 0.05) is 35.6 Å². The Hall–Kier alpha value is -3.08. The van der Waals surface area contributed by atoms with Crippen molar-refractivity contribution in [3.63, 3.8) is 0 Å². The van der Waals surface area contributed by atoms with Gasteiger partial charge in [0.2, 0.25) is 0 Å². The summed E-state index contributed by atoms with van der Waals surface area (Å²) in [5.41, 5.74) is 2.10. The van der Waals surface area contributed by atoms with Gasteiger partial charge < -0.3 is 19.7 Å². The van der Waals surface area contributed by atoms with Crippen LogP contribution in [0.3, 0.4) is 0 Å². The molecule has 0 bridgehead atoms. The fraction of sp³-hybridized carbons (Fsp3) is 0.238. The Bertz CT molecular complexity index is 1190. The summed E-state index contributed by atoms with van der Waals surface area (Å²) in [7, 11) is -2.48. The van der Waals surface area contributed by atoms with Gasteiger partial charge in [0.25, 0.3) is 10.0 Å². The van der Waals surface area contributed by atoms with E-state index in [4.69, 9.17) is 21.1 Å². The Kier molecular flexibility index (Phi) is 6.63. The van der Waals surface area contributed by atoms with Crippen LogP contribution in [0.5, 0.6) is 5.75 Å². The summed E-state index contributed by atoms with van der Waals surface area (Å²) < 4.78 is 38.7. The molecule has 3 aromatic rings. The average Bonchev–Trinajstić information content (AvgIpc) is 2.81. The zero-order chi connectivity index (χ0) is 22.6. The molecule has 0 aliphatic carbocycles. The van der Waals surface area contributed by atoms with E-state index in [0.717, 1.165) is 24.5 Å². The van der Waals surface area contributed by atoms with Crippen molar-refractivity contribution in [3.05, 3.63) is 59.8 Å². The Labute approximate surface area is 191 Å². The highest BCUT2D eigenvalue weighted by Gasteiger charge is 2.20. The van der Waals surface area contributed by atoms with Gasteiger partial charge in [0.05, 0.1) is 32.2 Å². The molecule has 11 heteroatoms. The smallest absolute Gasteiger partial charge is 0.265 e. The number of sulfonamides is 1. The molecule has 1 aromatic heterocycles. The predicted octanol–water partition coefficient (Wildman–Crippen LogP) is 3.52. The molecule has 32 heavy (non-hydrogen) atoms. The van der Waals surface area contributed by atoms with Gasteiger partial charge in [-0.2, -0.15) is 5.10 Å². The van der Waals surface area contributed by atoms with Crippen molar-refractivity contribution in [1.82, 2.24) is 10.2 Å². The third-order valence-electron chi connectivity index (χ3n) is 4.84. The molecule has 4 rings (SSSR count). The van der Waals surface area contributed by atoms with Gasteiger partial charge >= 0.3 is 0 Å². The van der Waals surface area contributed by atoms with E-state index in [0.29, 0.717) is 29.7 Å². The van der Waals surface area contributed by atoms with E-state index in [2.05, 4.69) is 25.1 Å². The second-order valence-electron chi connectivity index (χ2n) is 7.00. The lowest BCUT2D eigenvalue weighted by molar-refractivity contribution is 0.122. The van der Waals surface area contributed by atoms with Crippen LogP contribution in [0.4, 0.5) is 22.9 Å². The number of ether oxygens (including phenoxy) is 2. The van der Waals surface area contributed by atoms with Crippen molar-refractivity contribution in [3.8, 4) is 5.75 Å². The van der Waals surface area contributed by atoms with Gasteiger partial charge in [0.15, 0.2) is 5.82 Å². The third-order valence-corrected chi connectivity index (χ3v) is 6.48. The first kappa shape index (κ1) is 22.1. The van der Waals surface area contributed by atoms with Crippen LogP contribution >= 0.6 is 11.6 Å². The standard InChI is InChI=1S/C21H22ClN5O4S/c1-30-19-7-2-15(22)12-20(19)32(28,29)26-17-5-3-16(4-6-17)24-21-13-18(14-23-25-21)27-8-10-31-11-9-27/h2-7,12-14,26H,8-11H2,1H3,(H,24,25). The van der Waals surface area contributed by atoms with E-state index in [1.54, 1.807) is 36.5 Å². The molecule has 2 N–H and O–H groups in total. The normalized spacial score (nSPS) is 14.1. The summed E-state index contributed by atoms with van der Waals surface area (Å²) in [5, 5.41) is 11.7. The molecule has 0 radical (unpaired) electrons. The van der Waals surface area contributed by atoms with Gasteiger partial charge in [-0.1, -0.05) is 11.6 Å². The van der Waals surface area contributed by atoms with Crippen LogP contribution in [-0.2, 0) is 14.8 Å². The zero-order valence-electron chi connectivity index (χ0n) is 17.3. The number of benzene rings is 2. The highest BCUT2D eigenvalue weighted by Crippen LogP contribution is 2.29. The summed E-state index contributed by atoms with van der Waals surface area (Å²) in [6.07, 6.45) is 1.72. The molecule has 0 amide bonds. The van der Waals surface area contributed by atoms with E-state index < -0.39 is 10.0 Å². The molecule has 168 valence electrons. The van der Waals surface area contributed by atoms with E-state index in [1.165, 1.54) is 19.2 Å². The van der Waals surface area contributed by atoms with Crippen molar-refractivity contribution >= 4 is 44.5 Å². The van der Waals surface area contributed by atoms with Gasteiger partial charge in [-0.3, -0.25) is 4.72 Å². The third kappa shape index (κ3) is 5.21. The molecular formula is C21H22ClN5O4S. The monoisotopic (exact) mass is 475 g/mol. The second kappa shape index (κ2) is 9.60. The summed E-state index contributed by atoms with van der Waals surface area (Å²) in [4.78, 5) is 2.15. The molecule has 1 aliphatic heterocycles. The molecular weight excluding hydrogens is 454 g/mol. The quantitative estimate of drug-likeness (QED) is 0.534. The Morgan fingerprint density at radius 1 is 1.06 bits per heavy atom. The molecule has 1 fully saturated rings. The lowest BCUT2D eigenvalue weighted by Gasteiger charge is -2.28. The van der Waals surface area contributed by atoms with Crippen molar-refractivity contribution in [2.24, 2.45) is 0 Å². The number of anilines is 4.